The topological polar surface area (TPSA) is 69.4 Å². The number of nitrogens with zero attached hydrogens (tertiary/aromatic N) is 4. The highest BCUT2D eigenvalue weighted by Crippen LogP contribution is 2.25. The number of fused-ring (bicyclic) bond motifs is 2. The van der Waals surface area contributed by atoms with E-state index in [9.17, 15) is 4.79 Å². The summed E-state index contributed by atoms with van der Waals surface area (Å²) in [5.74, 6) is 2.36. The van der Waals surface area contributed by atoms with Crippen molar-refractivity contribution in [2.45, 2.75) is 19.8 Å². The molecule has 0 N–H and O–H groups in total. The number of benzene rings is 1. The molecule has 3 aromatic rings. The molecule has 6 heteroatoms. The van der Waals surface area contributed by atoms with Crippen molar-refractivity contribution in [1.82, 2.24) is 19.6 Å². The number of ketones is 1. The average molecular weight is 308 g/mol. The first-order chi connectivity index (χ1) is 11.1. The lowest BCUT2D eigenvalue weighted by Gasteiger charge is -2.18. The first-order valence-corrected chi connectivity index (χ1v) is 7.58. The first kappa shape index (κ1) is 13.9. The molecular formula is C17H16N4O2. The number of carbonyl (C=O) groups is 1. The van der Waals surface area contributed by atoms with Crippen LogP contribution < -0.4 is 4.74 Å². The molecule has 0 aliphatic heterocycles. The van der Waals surface area contributed by atoms with Crippen LogP contribution in [0.2, 0.25) is 0 Å². The van der Waals surface area contributed by atoms with E-state index in [1.54, 1.807) is 17.8 Å². The molecule has 1 atom stereocenters. The maximum absolute atomic E-state index is 12.2. The summed E-state index contributed by atoms with van der Waals surface area (Å²) in [6.45, 7) is 2.07. The highest BCUT2D eigenvalue weighted by atomic mass is 16.5. The van der Waals surface area contributed by atoms with Crippen LogP contribution in [0.25, 0.3) is 17.2 Å². The van der Waals surface area contributed by atoms with Gasteiger partial charge in [0.05, 0.1) is 18.4 Å². The van der Waals surface area contributed by atoms with Crippen LogP contribution in [0.3, 0.4) is 0 Å². The first-order valence-electron chi connectivity index (χ1n) is 7.58. The van der Waals surface area contributed by atoms with E-state index in [4.69, 9.17) is 4.74 Å². The van der Waals surface area contributed by atoms with Crippen molar-refractivity contribution in [3.8, 4) is 17.1 Å². The lowest BCUT2D eigenvalue weighted by atomic mass is 9.88. The number of carbonyl (C=O) groups excluding carboxylic acids is 1. The molecule has 116 valence electrons. The number of methoxy groups -OCH3 is 1. The maximum Gasteiger partial charge on any atom is 0.252 e. The van der Waals surface area contributed by atoms with Gasteiger partial charge in [0.1, 0.15) is 5.75 Å². The summed E-state index contributed by atoms with van der Waals surface area (Å²) in [7, 11) is 1.63. The summed E-state index contributed by atoms with van der Waals surface area (Å²) in [6, 6.07) is 7.54. The zero-order chi connectivity index (χ0) is 16.0. The Morgan fingerprint density at radius 1 is 1.17 bits per heavy atom. The van der Waals surface area contributed by atoms with Crippen LogP contribution in [0, 0.1) is 5.92 Å². The Morgan fingerprint density at radius 3 is 2.70 bits per heavy atom. The van der Waals surface area contributed by atoms with Gasteiger partial charge in [-0.05, 0) is 36.6 Å². The predicted molar refractivity (Wildman–Crippen MR) is 84.6 cm³/mol. The molecule has 1 aliphatic carbocycles. The number of rotatable bonds is 2. The Kier molecular flexibility index (Phi) is 3.11. The molecule has 0 saturated carbocycles. The van der Waals surface area contributed by atoms with Gasteiger partial charge < -0.3 is 4.74 Å². The molecule has 0 fully saturated rings. The van der Waals surface area contributed by atoms with Gasteiger partial charge in [0.2, 0.25) is 0 Å². The zero-order valence-corrected chi connectivity index (χ0v) is 13.0. The standard InChI is InChI=1S/C17H16N4O2/c1-10-7-14-13(15(22)8-10)9-21-17(18-14)19-16(20-21)11-3-5-12(23-2)6-4-11/h3-6,9-10H,7-8H2,1-2H3/t10-/m0/s1. The summed E-state index contributed by atoms with van der Waals surface area (Å²) in [5.41, 5.74) is 2.38. The van der Waals surface area contributed by atoms with Crippen LogP contribution in [0.1, 0.15) is 29.4 Å². The molecule has 0 amide bonds. The van der Waals surface area contributed by atoms with E-state index in [0.29, 0.717) is 29.5 Å². The monoisotopic (exact) mass is 308 g/mol. The Labute approximate surface area is 133 Å². The molecule has 1 aliphatic rings. The van der Waals surface area contributed by atoms with Crippen molar-refractivity contribution in [2.24, 2.45) is 5.92 Å². The normalized spacial score (nSPS) is 17.3. The minimum Gasteiger partial charge on any atom is -0.497 e. The highest BCUT2D eigenvalue weighted by molar-refractivity contribution is 5.98. The van der Waals surface area contributed by atoms with Crippen LogP contribution in [0.5, 0.6) is 5.75 Å². The maximum atomic E-state index is 12.2. The van der Waals surface area contributed by atoms with Gasteiger partial charge in [-0.1, -0.05) is 6.92 Å². The van der Waals surface area contributed by atoms with Gasteiger partial charge in [0.15, 0.2) is 11.6 Å². The fraction of sp³-hybridized carbons (Fsp3) is 0.294. The van der Waals surface area contributed by atoms with E-state index >= 15 is 0 Å². The molecule has 0 bridgehead atoms. The molecule has 0 spiro atoms. The van der Waals surface area contributed by atoms with Crippen molar-refractivity contribution < 1.29 is 9.53 Å². The lowest BCUT2D eigenvalue weighted by molar-refractivity contribution is 0.0951. The van der Waals surface area contributed by atoms with E-state index < -0.39 is 0 Å². The number of hydrogen-bond donors (Lipinski definition) is 0. The lowest BCUT2D eigenvalue weighted by Crippen LogP contribution is -2.20. The largest absolute Gasteiger partial charge is 0.497 e. The molecule has 6 nitrogen and oxygen atoms in total. The second-order valence-corrected chi connectivity index (χ2v) is 5.95. The molecular weight excluding hydrogens is 292 g/mol. The van der Waals surface area contributed by atoms with E-state index in [1.165, 1.54) is 0 Å². The Morgan fingerprint density at radius 2 is 1.96 bits per heavy atom. The predicted octanol–water partition coefficient (Wildman–Crippen LogP) is 2.56. The van der Waals surface area contributed by atoms with E-state index in [-0.39, 0.29) is 5.78 Å². The number of aromatic nitrogens is 4. The van der Waals surface area contributed by atoms with Crippen molar-refractivity contribution in [1.29, 1.82) is 0 Å². The van der Waals surface area contributed by atoms with Crippen LogP contribution >= 0.6 is 0 Å². The number of ether oxygens (including phenoxy) is 1. The fourth-order valence-corrected chi connectivity index (χ4v) is 2.94. The third kappa shape index (κ3) is 2.36. The SMILES string of the molecule is COc1ccc(-c2nc3nc4c(cn3n2)C(=O)C[C@@H](C)C4)cc1. The summed E-state index contributed by atoms with van der Waals surface area (Å²) < 4.78 is 6.75. The quantitative estimate of drug-likeness (QED) is 0.727. The summed E-state index contributed by atoms with van der Waals surface area (Å²) in [4.78, 5) is 21.2. The minimum absolute atomic E-state index is 0.134. The van der Waals surface area contributed by atoms with Gasteiger partial charge in [0, 0.05) is 18.2 Å². The van der Waals surface area contributed by atoms with Gasteiger partial charge in [-0.3, -0.25) is 4.79 Å². The van der Waals surface area contributed by atoms with Gasteiger partial charge >= 0.3 is 0 Å². The molecule has 0 radical (unpaired) electrons. The molecule has 2 aromatic heterocycles. The molecule has 0 saturated heterocycles. The summed E-state index contributed by atoms with van der Waals surface area (Å²) >= 11 is 0. The average Bonchev–Trinajstić information content (AvgIpc) is 2.96. The van der Waals surface area contributed by atoms with Crippen LogP contribution in [0.4, 0.5) is 0 Å². The van der Waals surface area contributed by atoms with E-state index in [0.717, 1.165) is 23.4 Å². The third-order valence-corrected chi connectivity index (χ3v) is 4.13. The highest BCUT2D eigenvalue weighted by Gasteiger charge is 2.25. The number of hydrogen-bond acceptors (Lipinski definition) is 5. The van der Waals surface area contributed by atoms with Crippen LogP contribution in [0.15, 0.2) is 30.5 Å². The second-order valence-electron chi connectivity index (χ2n) is 5.95. The number of Topliss-reactive ketones (excluding diaryl/α,β-unsaturated/α-hetero) is 1. The molecule has 1 aromatic carbocycles. The zero-order valence-electron chi connectivity index (χ0n) is 13.0. The van der Waals surface area contributed by atoms with Gasteiger partial charge in [0.25, 0.3) is 5.78 Å². The van der Waals surface area contributed by atoms with Gasteiger partial charge in [-0.25, -0.2) is 9.50 Å². The Hall–Kier alpha value is -2.76. The Bertz CT molecular complexity index is 899. The Balaban J connectivity index is 1.80. The van der Waals surface area contributed by atoms with Crippen molar-refractivity contribution in [3.63, 3.8) is 0 Å². The summed E-state index contributed by atoms with van der Waals surface area (Å²) in [5, 5.41) is 4.45. The van der Waals surface area contributed by atoms with Crippen LogP contribution in [-0.4, -0.2) is 32.5 Å². The molecule has 0 unspecified atom stereocenters. The van der Waals surface area contributed by atoms with Crippen molar-refractivity contribution in [3.05, 3.63) is 41.7 Å². The smallest absolute Gasteiger partial charge is 0.252 e. The third-order valence-electron chi connectivity index (χ3n) is 4.13. The van der Waals surface area contributed by atoms with E-state index in [2.05, 4.69) is 22.0 Å². The van der Waals surface area contributed by atoms with Gasteiger partial charge in [-0.2, -0.15) is 4.98 Å². The second kappa shape index (κ2) is 5.15. The van der Waals surface area contributed by atoms with Crippen molar-refractivity contribution >= 4 is 11.6 Å². The minimum atomic E-state index is 0.134. The fourth-order valence-electron chi connectivity index (χ4n) is 2.94. The molecule has 4 rings (SSSR count). The molecule has 23 heavy (non-hydrogen) atoms. The van der Waals surface area contributed by atoms with Crippen LogP contribution in [-0.2, 0) is 6.42 Å². The van der Waals surface area contributed by atoms with Gasteiger partial charge in [-0.15, -0.1) is 5.10 Å². The summed E-state index contributed by atoms with van der Waals surface area (Å²) in [6.07, 6.45) is 3.13. The molecule has 2 heterocycles. The van der Waals surface area contributed by atoms with Crippen molar-refractivity contribution in [2.75, 3.05) is 7.11 Å². The van der Waals surface area contributed by atoms with E-state index in [1.807, 2.05) is 24.3 Å².